The van der Waals surface area contributed by atoms with Crippen LogP contribution in [0.3, 0.4) is 0 Å². The molecule has 11 aromatic rings. The highest BCUT2D eigenvalue weighted by Crippen LogP contribution is 2.45. The first kappa shape index (κ1) is 31.0. The number of hydrogen-bond acceptors (Lipinski definition) is 5. The van der Waals surface area contributed by atoms with Crippen LogP contribution in [0.1, 0.15) is 0 Å². The molecule has 3 nitrogen and oxygen atoms in total. The molecular weight excluding hydrogens is 697 g/mol. The summed E-state index contributed by atoms with van der Waals surface area (Å²) < 4.78 is 10.1. The third kappa shape index (κ3) is 5.12. The number of anilines is 3. The van der Waals surface area contributed by atoms with Crippen molar-refractivity contribution < 1.29 is 4.42 Å². The van der Waals surface area contributed by atoms with Crippen LogP contribution in [0, 0.1) is 0 Å². The van der Waals surface area contributed by atoms with Gasteiger partial charge in [-0.1, -0.05) is 121 Å². The van der Waals surface area contributed by atoms with Crippen molar-refractivity contribution >= 4 is 92.1 Å². The lowest BCUT2D eigenvalue weighted by Gasteiger charge is -2.26. The van der Waals surface area contributed by atoms with Gasteiger partial charge < -0.3 is 9.32 Å². The van der Waals surface area contributed by atoms with Crippen molar-refractivity contribution in [2.45, 2.75) is 0 Å². The Bertz CT molecular complexity index is 3160. The van der Waals surface area contributed by atoms with Crippen LogP contribution in [0.4, 0.5) is 17.1 Å². The minimum absolute atomic E-state index is 0.906. The normalized spacial score (nSPS) is 11.7. The Hall–Kier alpha value is -6.53. The van der Waals surface area contributed by atoms with Crippen molar-refractivity contribution in [1.29, 1.82) is 0 Å². The van der Waals surface area contributed by atoms with Gasteiger partial charge in [0.15, 0.2) is 0 Å². The molecule has 0 bridgehead atoms. The first-order chi connectivity index (χ1) is 26.7. The predicted molar refractivity (Wildman–Crippen MR) is 231 cm³/mol. The Kier molecular flexibility index (Phi) is 7.22. The number of furan rings is 1. The second kappa shape index (κ2) is 12.6. The van der Waals surface area contributed by atoms with Crippen LogP contribution < -0.4 is 4.90 Å². The first-order valence-electron chi connectivity index (χ1n) is 18.0. The number of benzene rings is 8. The Morgan fingerprint density at radius 1 is 0.426 bits per heavy atom. The fraction of sp³-hybridized carbons (Fsp3) is 0. The molecular formula is C49H30N2OS2. The molecule has 0 aliphatic heterocycles. The zero-order chi connectivity index (χ0) is 35.6. The van der Waals surface area contributed by atoms with Crippen LogP contribution in [0.25, 0.3) is 85.2 Å². The standard InChI is InChI=1S/C49H30N2OS2/c1-3-11-31(12-4-1)34-15-9-16-36(29-34)51(35-23-21-32(22-24-35)38-18-10-19-40-39-17-7-8-20-42(39)52-48(38)40)37-25-26-43-41(30-37)46-44(53-43)27-28-45-47(46)50-49(54-45)33-13-5-2-6-14-33/h1-30H. The molecule has 0 aliphatic carbocycles. The van der Waals surface area contributed by atoms with Gasteiger partial charge in [0.05, 0.1) is 10.2 Å². The number of rotatable bonds is 6. The van der Waals surface area contributed by atoms with Crippen LogP contribution in [-0.4, -0.2) is 4.98 Å². The lowest BCUT2D eigenvalue weighted by molar-refractivity contribution is 0.670. The molecule has 0 spiro atoms. The minimum atomic E-state index is 0.906. The molecule has 8 aromatic carbocycles. The topological polar surface area (TPSA) is 29.3 Å². The molecule has 0 aliphatic rings. The van der Waals surface area contributed by atoms with E-state index in [0.29, 0.717) is 0 Å². The van der Waals surface area contributed by atoms with Crippen molar-refractivity contribution in [3.8, 4) is 32.8 Å². The van der Waals surface area contributed by atoms with Gasteiger partial charge in [0, 0.05) is 59.1 Å². The molecule has 254 valence electrons. The van der Waals surface area contributed by atoms with E-state index < -0.39 is 0 Å². The zero-order valence-electron chi connectivity index (χ0n) is 28.9. The van der Waals surface area contributed by atoms with Gasteiger partial charge in [-0.15, -0.1) is 22.7 Å². The van der Waals surface area contributed by atoms with Crippen LogP contribution >= 0.6 is 22.7 Å². The van der Waals surface area contributed by atoms with E-state index in [1.165, 1.54) is 36.0 Å². The molecule has 3 aromatic heterocycles. The van der Waals surface area contributed by atoms with Gasteiger partial charge in [0.25, 0.3) is 0 Å². The first-order valence-corrected chi connectivity index (χ1v) is 19.7. The monoisotopic (exact) mass is 726 g/mol. The second-order valence-corrected chi connectivity index (χ2v) is 15.6. The van der Waals surface area contributed by atoms with Crippen LogP contribution in [0.2, 0.25) is 0 Å². The molecule has 3 heterocycles. The molecule has 0 amide bonds. The summed E-state index contributed by atoms with van der Waals surface area (Å²) in [6.07, 6.45) is 0. The van der Waals surface area contributed by atoms with Gasteiger partial charge in [0.1, 0.15) is 16.2 Å². The highest BCUT2D eigenvalue weighted by Gasteiger charge is 2.19. The maximum atomic E-state index is 6.42. The fourth-order valence-corrected chi connectivity index (χ4v) is 9.82. The SMILES string of the molecule is c1ccc(-c2cccc(N(c3ccc(-c4cccc5c4oc4ccccc45)cc3)c3ccc4sc5ccc6sc(-c7ccccc7)nc6c5c4c3)c2)cc1. The highest BCUT2D eigenvalue weighted by atomic mass is 32.1. The van der Waals surface area contributed by atoms with Gasteiger partial charge in [-0.25, -0.2) is 4.98 Å². The number of fused-ring (bicyclic) bond motifs is 8. The number of para-hydroxylation sites is 2. The van der Waals surface area contributed by atoms with Crippen molar-refractivity contribution in [3.05, 3.63) is 182 Å². The van der Waals surface area contributed by atoms with Gasteiger partial charge in [-0.3, -0.25) is 0 Å². The Morgan fingerprint density at radius 2 is 1.09 bits per heavy atom. The summed E-state index contributed by atoms with van der Waals surface area (Å²) in [4.78, 5) is 7.62. The van der Waals surface area contributed by atoms with E-state index in [1.807, 2.05) is 23.5 Å². The molecule has 0 fully saturated rings. The van der Waals surface area contributed by atoms with Crippen molar-refractivity contribution in [2.75, 3.05) is 4.90 Å². The minimum Gasteiger partial charge on any atom is -0.455 e. The lowest BCUT2D eigenvalue weighted by atomic mass is 10.0. The van der Waals surface area contributed by atoms with Crippen LogP contribution in [-0.2, 0) is 0 Å². The summed E-state index contributed by atoms with van der Waals surface area (Å²) in [5.41, 5.74) is 11.9. The van der Waals surface area contributed by atoms with Gasteiger partial charge in [-0.05, 0) is 77.4 Å². The van der Waals surface area contributed by atoms with Crippen LogP contribution in [0.5, 0.6) is 0 Å². The largest absolute Gasteiger partial charge is 0.455 e. The molecule has 0 atom stereocenters. The van der Waals surface area contributed by atoms with E-state index in [2.05, 4.69) is 175 Å². The number of thiazole rings is 1. The third-order valence-corrected chi connectivity index (χ3v) is 12.5. The molecule has 11 rings (SSSR count). The molecule has 0 radical (unpaired) electrons. The van der Waals surface area contributed by atoms with E-state index in [9.17, 15) is 0 Å². The second-order valence-electron chi connectivity index (χ2n) is 13.5. The fourth-order valence-electron chi connectivity index (χ4n) is 7.75. The molecule has 0 unspecified atom stereocenters. The molecule has 0 saturated carbocycles. The zero-order valence-corrected chi connectivity index (χ0v) is 30.6. The van der Waals surface area contributed by atoms with E-state index in [1.54, 1.807) is 11.3 Å². The van der Waals surface area contributed by atoms with E-state index in [-0.39, 0.29) is 0 Å². The van der Waals surface area contributed by atoms with Crippen LogP contribution in [0.15, 0.2) is 186 Å². The molecule has 54 heavy (non-hydrogen) atoms. The summed E-state index contributed by atoms with van der Waals surface area (Å²) in [5, 5.41) is 5.76. The highest BCUT2D eigenvalue weighted by molar-refractivity contribution is 7.26. The summed E-state index contributed by atoms with van der Waals surface area (Å²) in [5.74, 6) is 0. The Labute approximate surface area is 319 Å². The lowest BCUT2D eigenvalue weighted by Crippen LogP contribution is -2.10. The van der Waals surface area contributed by atoms with E-state index in [4.69, 9.17) is 9.40 Å². The summed E-state index contributed by atoms with van der Waals surface area (Å²) >= 11 is 3.59. The predicted octanol–water partition coefficient (Wildman–Crippen LogP) is 15.0. The van der Waals surface area contributed by atoms with Crippen molar-refractivity contribution in [3.63, 3.8) is 0 Å². The average molecular weight is 727 g/mol. The van der Waals surface area contributed by atoms with E-state index in [0.717, 1.165) is 66.2 Å². The Morgan fingerprint density at radius 3 is 1.94 bits per heavy atom. The average Bonchev–Trinajstić information content (AvgIpc) is 3.95. The Balaban J connectivity index is 1.08. The molecule has 0 N–H and O–H groups in total. The van der Waals surface area contributed by atoms with Gasteiger partial charge >= 0.3 is 0 Å². The van der Waals surface area contributed by atoms with Crippen molar-refractivity contribution in [2.24, 2.45) is 0 Å². The number of aromatic nitrogens is 1. The third-order valence-electron chi connectivity index (χ3n) is 10.3. The van der Waals surface area contributed by atoms with Crippen molar-refractivity contribution in [1.82, 2.24) is 4.98 Å². The number of hydrogen-bond donors (Lipinski definition) is 0. The quantitative estimate of drug-likeness (QED) is 0.171. The molecule has 0 saturated heterocycles. The smallest absolute Gasteiger partial charge is 0.143 e. The maximum Gasteiger partial charge on any atom is 0.143 e. The summed E-state index contributed by atoms with van der Waals surface area (Å²) in [7, 11) is 0. The summed E-state index contributed by atoms with van der Waals surface area (Å²) in [6, 6.07) is 64.9. The molecule has 5 heteroatoms. The number of nitrogens with zero attached hydrogens (tertiary/aromatic N) is 2. The van der Waals surface area contributed by atoms with Gasteiger partial charge in [-0.2, -0.15) is 0 Å². The van der Waals surface area contributed by atoms with E-state index >= 15 is 0 Å². The maximum absolute atomic E-state index is 6.42. The van der Waals surface area contributed by atoms with Gasteiger partial charge in [0.2, 0.25) is 0 Å². The summed E-state index contributed by atoms with van der Waals surface area (Å²) in [6.45, 7) is 0. The number of thiophene rings is 1.